The number of carbonyl (C=O) groups is 1. The van der Waals surface area contributed by atoms with Crippen molar-refractivity contribution in [2.45, 2.75) is 32.1 Å². The Hall–Kier alpha value is -2.36. The molecule has 3 rings (SSSR count). The minimum absolute atomic E-state index is 0.135. The second-order valence-electron chi connectivity index (χ2n) is 6.12. The van der Waals surface area contributed by atoms with Crippen LogP contribution in [-0.2, 0) is 4.79 Å². The fourth-order valence-electron chi connectivity index (χ4n) is 3.05. The molecule has 1 saturated carbocycles. The number of rotatable bonds is 4. The van der Waals surface area contributed by atoms with Crippen LogP contribution in [0.2, 0.25) is 0 Å². The molecule has 1 aromatic carbocycles. The smallest absolute Gasteiger partial charge is 0.227 e. The maximum absolute atomic E-state index is 12.3. The first-order valence-corrected chi connectivity index (χ1v) is 8.30. The fraction of sp³-hybridized carbons (Fsp3) is 0.368. The maximum atomic E-state index is 12.3. The lowest BCUT2D eigenvalue weighted by Gasteiger charge is -2.21. The van der Waals surface area contributed by atoms with Crippen LogP contribution in [0.4, 0.5) is 17.2 Å². The third-order valence-electron chi connectivity index (χ3n) is 4.48. The van der Waals surface area contributed by atoms with Crippen LogP contribution < -0.4 is 10.2 Å². The van der Waals surface area contributed by atoms with Crippen LogP contribution >= 0.6 is 0 Å². The number of anilines is 3. The Kier molecular flexibility index (Phi) is 4.91. The van der Waals surface area contributed by atoms with E-state index in [1.807, 2.05) is 54.4 Å². The van der Waals surface area contributed by atoms with Gasteiger partial charge in [0, 0.05) is 18.7 Å². The number of carbonyl (C=O) groups excluding carboxylic acids is 1. The third-order valence-corrected chi connectivity index (χ3v) is 4.48. The molecule has 120 valence electrons. The van der Waals surface area contributed by atoms with Crippen LogP contribution in [0.5, 0.6) is 0 Å². The summed E-state index contributed by atoms with van der Waals surface area (Å²) in [5, 5.41) is 3.00. The van der Waals surface area contributed by atoms with Crippen molar-refractivity contribution in [2.24, 2.45) is 5.92 Å². The highest BCUT2D eigenvalue weighted by molar-refractivity contribution is 5.92. The number of pyridine rings is 1. The van der Waals surface area contributed by atoms with Gasteiger partial charge in [-0.3, -0.25) is 4.79 Å². The van der Waals surface area contributed by atoms with Crippen molar-refractivity contribution < 1.29 is 4.79 Å². The van der Waals surface area contributed by atoms with Gasteiger partial charge in [0.05, 0.1) is 11.9 Å². The van der Waals surface area contributed by atoms with Crippen molar-refractivity contribution in [3.8, 4) is 0 Å². The summed E-state index contributed by atoms with van der Waals surface area (Å²) in [6.45, 7) is 0. The van der Waals surface area contributed by atoms with E-state index in [1.165, 1.54) is 6.42 Å². The van der Waals surface area contributed by atoms with Crippen molar-refractivity contribution >= 4 is 23.1 Å². The van der Waals surface area contributed by atoms with Gasteiger partial charge in [-0.15, -0.1) is 0 Å². The first kappa shape index (κ1) is 15.5. The van der Waals surface area contributed by atoms with Gasteiger partial charge < -0.3 is 10.2 Å². The topological polar surface area (TPSA) is 45.2 Å². The number of nitrogens with one attached hydrogen (secondary N) is 1. The number of para-hydroxylation sites is 1. The number of hydrogen-bond donors (Lipinski definition) is 1. The molecule has 1 aromatic heterocycles. The molecule has 0 atom stereocenters. The van der Waals surface area contributed by atoms with Gasteiger partial charge in [-0.05, 0) is 37.1 Å². The summed E-state index contributed by atoms with van der Waals surface area (Å²) < 4.78 is 0. The predicted molar refractivity (Wildman–Crippen MR) is 93.9 cm³/mol. The Bertz CT molecular complexity index is 633. The molecule has 0 radical (unpaired) electrons. The molecule has 4 heteroatoms. The average molecular weight is 309 g/mol. The molecule has 2 aromatic rings. The minimum atomic E-state index is 0.135. The Balaban J connectivity index is 1.64. The second-order valence-corrected chi connectivity index (χ2v) is 6.12. The molecule has 0 bridgehead atoms. The van der Waals surface area contributed by atoms with Crippen molar-refractivity contribution in [1.29, 1.82) is 0 Å². The monoisotopic (exact) mass is 309 g/mol. The minimum Gasteiger partial charge on any atom is -0.329 e. The van der Waals surface area contributed by atoms with Crippen LogP contribution in [0.25, 0.3) is 0 Å². The zero-order chi connectivity index (χ0) is 16.1. The van der Waals surface area contributed by atoms with Crippen molar-refractivity contribution in [3.63, 3.8) is 0 Å². The van der Waals surface area contributed by atoms with Gasteiger partial charge in [0.25, 0.3) is 0 Å². The van der Waals surface area contributed by atoms with Crippen LogP contribution in [0, 0.1) is 5.92 Å². The number of amides is 1. The van der Waals surface area contributed by atoms with E-state index in [4.69, 9.17) is 0 Å². The van der Waals surface area contributed by atoms with E-state index in [2.05, 4.69) is 10.3 Å². The molecule has 0 spiro atoms. The summed E-state index contributed by atoms with van der Waals surface area (Å²) in [6, 6.07) is 13.9. The second kappa shape index (κ2) is 7.27. The largest absolute Gasteiger partial charge is 0.329 e. The van der Waals surface area contributed by atoms with E-state index in [0.717, 1.165) is 42.9 Å². The maximum Gasteiger partial charge on any atom is 0.227 e. The van der Waals surface area contributed by atoms with Gasteiger partial charge in [-0.1, -0.05) is 37.5 Å². The van der Waals surface area contributed by atoms with Crippen molar-refractivity contribution in [3.05, 3.63) is 48.7 Å². The lowest BCUT2D eigenvalue weighted by Crippen LogP contribution is -2.24. The highest BCUT2D eigenvalue weighted by Gasteiger charge is 2.21. The summed E-state index contributed by atoms with van der Waals surface area (Å²) in [5.41, 5.74) is 1.85. The van der Waals surface area contributed by atoms with Crippen molar-refractivity contribution in [2.75, 3.05) is 17.3 Å². The van der Waals surface area contributed by atoms with E-state index >= 15 is 0 Å². The first-order valence-electron chi connectivity index (χ1n) is 8.30. The molecular formula is C19H23N3O. The number of nitrogens with zero attached hydrogens (tertiary/aromatic N) is 2. The van der Waals surface area contributed by atoms with Crippen LogP contribution in [0.15, 0.2) is 48.7 Å². The van der Waals surface area contributed by atoms with E-state index in [9.17, 15) is 4.79 Å². The molecule has 23 heavy (non-hydrogen) atoms. The zero-order valence-electron chi connectivity index (χ0n) is 13.5. The highest BCUT2D eigenvalue weighted by Crippen LogP contribution is 2.26. The molecule has 1 aliphatic rings. The zero-order valence-corrected chi connectivity index (χ0v) is 13.5. The normalized spacial score (nSPS) is 15.2. The first-order chi connectivity index (χ1) is 11.2. The number of hydrogen-bond acceptors (Lipinski definition) is 3. The summed E-state index contributed by atoms with van der Waals surface area (Å²) >= 11 is 0. The Morgan fingerprint density at radius 1 is 1.09 bits per heavy atom. The molecule has 1 N–H and O–H groups in total. The Labute approximate surface area is 137 Å². The van der Waals surface area contributed by atoms with Gasteiger partial charge in [0.15, 0.2) is 0 Å². The molecule has 0 aliphatic heterocycles. The van der Waals surface area contributed by atoms with Crippen molar-refractivity contribution in [1.82, 2.24) is 4.98 Å². The quantitative estimate of drug-likeness (QED) is 0.912. The fourth-order valence-corrected chi connectivity index (χ4v) is 3.05. The van der Waals surface area contributed by atoms with Gasteiger partial charge in [-0.25, -0.2) is 4.98 Å². The lowest BCUT2D eigenvalue weighted by atomic mass is 9.88. The molecule has 1 heterocycles. The molecular weight excluding hydrogens is 286 g/mol. The molecule has 1 fully saturated rings. The van der Waals surface area contributed by atoms with Gasteiger partial charge in [-0.2, -0.15) is 0 Å². The van der Waals surface area contributed by atoms with E-state index in [1.54, 1.807) is 6.20 Å². The van der Waals surface area contributed by atoms with Gasteiger partial charge in [0.2, 0.25) is 5.91 Å². The molecule has 1 aliphatic carbocycles. The van der Waals surface area contributed by atoms with E-state index in [0.29, 0.717) is 0 Å². The van der Waals surface area contributed by atoms with Crippen LogP contribution in [0.1, 0.15) is 32.1 Å². The van der Waals surface area contributed by atoms with Crippen LogP contribution in [-0.4, -0.2) is 17.9 Å². The molecule has 4 nitrogen and oxygen atoms in total. The lowest BCUT2D eigenvalue weighted by molar-refractivity contribution is -0.120. The summed E-state index contributed by atoms with van der Waals surface area (Å²) in [4.78, 5) is 18.7. The average Bonchev–Trinajstić information content (AvgIpc) is 2.63. The summed E-state index contributed by atoms with van der Waals surface area (Å²) in [6.07, 6.45) is 7.33. The number of benzene rings is 1. The third kappa shape index (κ3) is 3.89. The van der Waals surface area contributed by atoms with Gasteiger partial charge in [0.1, 0.15) is 5.82 Å². The van der Waals surface area contributed by atoms with E-state index < -0.39 is 0 Å². The summed E-state index contributed by atoms with van der Waals surface area (Å²) in [7, 11) is 1.98. The standard InChI is InChI=1S/C19H23N3O/c1-22(17-10-6-3-7-11-17)18-13-12-16(14-20-18)21-19(23)15-8-4-2-5-9-15/h3,6-7,10-15H,2,4-5,8-9H2,1H3,(H,21,23). The Morgan fingerprint density at radius 3 is 2.48 bits per heavy atom. The SMILES string of the molecule is CN(c1ccccc1)c1ccc(NC(=O)C2CCCCC2)cn1. The predicted octanol–water partition coefficient (Wildman–Crippen LogP) is 4.37. The Morgan fingerprint density at radius 2 is 1.83 bits per heavy atom. The van der Waals surface area contributed by atoms with Crippen LogP contribution in [0.3, 0.4) is 0 Å². The molecule has 0 saturated heterocycles. The summed E-state index contributed by atoms with van der Waals surface area (Å²) in [5.74, 6) is 1.15. The molecule has 1 amide bonds. The number of aromatic nitrogens is 1. The van der Waals surface area contributed by atoms with E-state index in [-0.39, 0.29) is 11.8 Å². The highest BCUT2D eigenvalue weighted by atomic mass is 16.1. The van der Waals surface area contributed by atoms with Gasteiger partial charge >= 0.3 is 0 Å². The molecule has 0 unspecified atom stereocenters.